The van der Waals surface area contributed by atoms with Gasteiger partial charge >= 0.3 is 12.6 Å². The number of rotatable bonds is 6. The molecule has 2 aromatic carbocycles. The van der Waals surface area contributed by atoms with Gasteiger partial charge < -0.3 is 19.7 Å². The van der Waals surface area contributed by atoms with Gasteiger partial charge in [0.1, 0.15) is 5.75 Å². The summed E-state index contributed by atoms with van der Waals surface area (Å²) < 4.78 is 31.4. The predicted octanol–water partition coefficient (Wildman–Crippen LogP) is 6.47. The number of aromatic carboxylic acids is 1. The van der Waals surface area contributed by atoms with Gasteiger partial charge in [0.2, 0.25) is 5.95 Å². The van der Waals surface area contributed by atoms with E-state index in [2.05, 4.69) is 35.4 Å². The summed E-state index contributed by atoms with van der Waals surface area (Å²) in [6.07, 6.45) is 3.11. The average molecular weight is 443 g/mol. The van der Waals surface area contributed by atoms with E-state index in [0.29, 0.717) is 23.1 Å². The van der Waals surface area contributed by atoms with Crippen LogP contribution in [0.25, 0.3) is 11.0 Å². The topological polar surface area (TPSA) is 76.4 Å². The van der Waals surface area contributed by atoms with E-state index in [4.69, 9.17) is 4.98 Å². The van der Waals surface area contributed by atoms with Gasteiger partial charge in [-0.15, -0.1) is 0 Å². The van der Waals surface area contributed by atoms with Crippen molar-refractivity contribution >= 4 is 28.6 Å². The Morgan fingerprint density at radius 1 is 1.22 bits per heavy atom. The Hall–Kier alpha value is -3.16. The number of halogens is 2. The second-order valence-corrected chi connectivity index (χ2v) is 9.41. The summed E-state index contributed by atoms with van der Waals surface area (Å²) in [5, 5.41) is 12.7. The lowest BCUT2D eigenvalue weighted by atomic mass is 9.70. The second kappa shape index (κ2) is 8.41. The molecule has 1 fully saturated rings. The molecule has 2 N–H and O–H groups in total. The molecule has 32 heavy (non-hydrogen) atoms. The first kappa shape index (κ1) is 22.0. The summed E-state index contributed by atoms with van der Waals surface area (Å²) in [4.78, 5) is 16.2. The lowest BCUT2D eigenvalue weighted by Gasteiger charge is -2.40. The van der Waals surface area contributed by atoms with Crippen LogP contribution in [0.2, 0.25) is 0 Å². The molecule has 0 spiro atoms. The van der Waals surface area contributed by atoms with Gasteiger partial charge in [-0.25, -0.2) is 9.78 Å². The first-order chi connectivity index (χ1) is 15.1. The van der Waals surface area contributed by atoms with Crippen molar-refractivity contribution in [1.82, 2.24) is 9.55 Å². The Morgan fingerprint density at radius 3 is 2.56 bits per heavy atom. The minimum Gasteiger partial charge on any atom is -0.478 e. The highest BCUT2D eigenvalue weighted by atomic mass is 19.3. The van der Waals surface area contributed by atoms with E-state index >= 15 is 0 Å². The Bertz CT molecular complexity index is 1130. The summed E-state index contributed by atoms with van der Waals surface area (Å²) in [5.74, 6) is 0.212. The van der Waals surface area contributed by atoms with E-state index in [1.165, 1.54) is 12.1 Å². The van der Waals surface area contributed by atoms with Crippen LogP contribution in [0.4, 0.5) is 20.4 Å². The van der Waals surface area contributed by atoms with Gasteiger partial charge in [-0.05, 0) is 73.1 Å². The van der Waals surface area contributed by atoms with Gasteiger partial charge in [-0.1, -0.05) is 20.8 Å². The zero-order valence-electron chi connectivity index (χ0n) is 18.3. The molecule has 1 aliphatic rings. The molecule has 4 rings (SSSR count). The molecule has 6 nitrogen and oxygen atoms in total. The lowest BCUT2D eigenvalue weighted by Crippen LogP contribution is -2.29. The molecule has 1 saturated carbocycles. The van der Waals surface area contributed by atoms with Crippen LogP contribution in [0.15, 0.2) is 42.5 Å². The van der Waals surface area contributed by atoms with Crippen molar-refractivity contribution in [3.05, 3.63) is 48.0 Å². The van der Waals surface area contributed by atoms with Crippen molar-refractivity contribution in [1.29, 1.82) is 0 Å². The number of carboxylic acids is 1. The number of carbonyl (C=O) groups is 1. The van der Waals surface area contributed by atoms with E-state index in [9.17, 15) is 18.7 Å². The van der Waals surface area contributed by atoms with E-state index in [0.717, 1.165) is 24.8 Å². The number of carboxylic acid groups (broad SMARTS) is 1. The van der Waals surface area contributed by atoms with Crippen molar-refractivity contribution in [2.75, 3.05) is 5.32 Å². The lowest BCUT2D eigenvalue weighted by molar-refractivity contribution is -0.0498. The number of hydrogen-bond acceptors (Lipinski definition) is 4. The number of aromatic nitrogens is 2. The number of hydrogen-bond donors (Lipinski definition) is 2. The molecular formula is C24H27F2N3O3. The number of nitrogens with one attached hydrogen (secondary N) is 1. The van der Waals surface area contributed by atoms with Crippen LogP contribution in [0.3, 0.4) is 0 Å². The molecule has 0 unspecified atom stereocenters. The van der Waals surface area contributed by atoms with E-state index in [-0.39, 0.29) is 22.8 Å². The van der Waals surface area contributed by atoms with Crippen LogP contribution in [-0.2, 0) is 0 Å². The number of ether oxygens (including phenoxy) is 1. The number of fused-ring (bicyclic) bond motifs is 1. The van der Waals surface area contributed by atoms with Crippen molar-refractivity contribution < 1.29 is 23.4 Å². The molecule has 1 heterocycles. The highest BCUT2D eigenvalue weighted by Crippen LogP contribution is 2.46. The molecule has 3 aromatic rings. The molecule has 0 bridgehead atoms. The van der Waals surface area contributed by atoms with Crippen molar-refractivity contribution in [2.45, 2.75) is 52.7 Å². The predicted molar refractivity (Wildman–Crippen MR) is 119 cm³/mol. The SMILES string of the molecule is C[C@@H]1C[C@H](n2c(Nc3ccc(OC(F)F)cc3)nc3cc(C(=O)O)ccc32)CC(C)(C)C1. The third kappa shape index (κ3) is 4.69. The summed E-state index contributed by atoms with van der Waals surface area (Å²) in [7, 11) is 0. The number of anilines is 2. The van der Waals surface area contributed by atoms with Crippen molar-refractivity contribution in [3.63, 3.8) is 0 Å². The Labute approximate surface area is 185 Å². The normalized spacial score (nSPS) is 20.4. The van der Waals surface area contributed by atoms with Crippen molar-refractivity contribution in [3.8, 4) is 5.75 Å². The zero-order chi connectivity index (χ0) is 23.0. The van der Waals surface area contributed by atoms with Crippen LogP contribution in [-0.4, -0.2) is 27.2 Å². The van der Waals surface area contributed by atoms with Gasteiger partial charge in [-0.3, -0.25) is 0 Å². The molecular weight excluding hydrogens is 416 g/mol. The van der Waals surface area contributed by atoms with Crippen LogP contribution in [0, 0.1) is 11.3 Å². The highest BCUT2D eigenvalue weighted by Gasteiger charge is 2.34. The number of nitrogens with zero attached hydrogens (tertiary/aromatic N) is 2. The quantitative estimate of drug-likeness (QED) is 0.457. The third-order valence-corrected chi connectivity index (χ3v) is 6.00. The number of alkyl halides is 2. The minimum atomic E-state index is -2.88. The first-order valence-corrected chi connectivity index (χ1v) is 10.7. The number of imidazole rings is 1. The van der Waals surface area contributed by atoms with Gasteiger partial charge in [0.15, 0.2) is 0 Å². The Kier molecular flexibility index (Phi) is 5.79. The fraction of sp³-hybridized carbons (Fsp3) is 0.417. The molecule has 0 aliphatic heterocycles. The fourth-order valence-electron chi connectivity index (χ4n) is 5.03. The summed E-state index contributed by atoms with van der Waals surface area (Å²) in [6.45, 7) is 3.92. The fourth-order valence-corrected chi connectivity index (χ4v) is 5.03. The zero-order valence-corrected chi connectivity index (χ0v) is 18.3. The van der Waals surface area contributed by atoms with Crippen molar-refractivity contribution in [2.24, 2.45) is 11.3 Å². The maximum absolute atomic E-state index is 12.4. The highest BCUT2D eigenvalue weighted by molar-refractivity contribution is 5.93. The maximum Gasteiger partial charge on any atom is 0.387 e. The third-order valence-electron chi connectivity index (χ3n) is 6.00. The first-order valence-electron chi connectivity index (χ1n) is 10.7. The minimum absolute atomic E-state index is 0.0769. The largest absolute Gasteiger partial charge is 0.478 e. The molecule has 2 atom stereocenters. The molecule has 8 heteroatoms. The van der Waals surface area contributed by atoms with Gasteiger partial charge in [-0.2, -0.15) is 8.78 Å². The van der Waals surface area contributed by atoms with Crippen LogP contribution in [0.5, 0.6) is 5.75 Å². The monoisotopic (exact) mass is 443 g/mol. The summed E-state index contributed by atoms with van der Waals surface area (Å²) in [6, 6.07) is 11.4. The summed E-state index contributed by atoms with van der Waals surface area (Å²) in [5.41, 5.74) is 2.49. The molecule has 0 saturated heterocycles. The molecule has 1 aliphatic carbocycles. The number of benzene rings is 2. The van der Waals surface area contributed by atoms with Gasteiger partial charge in [0, 0.05) is 11.7 Å². The molecule has 1 aromatic heterocycles. The van der Waals surface area contributed by atoms with E-state index in [1.54, 1.807) is 24.3 Å². The summed E-state index contributed by atoms with van der Waals surface area (Å²) >= 11 is 0. The van der Waals surface area contributed by atoms with Crippen LogP contribution < -0.4 is 10.1 Å². The average Bonchev–Trinajstić information content (AvgIpc) is 3.04. The van der Waals surface area contributed by atoms with Crippen LogP contribution in [0.1, 0.15) is 56.4 Å². The molecule has 0 radical (unpaired) electrons. The van der Waals surface area contributed by atoms with E-state index in [1.807, 2.05) is 6.07 Å². The second-order valence-electron chi connectivity index (χ2n) is 9.41. The Balaban J connectivity index is 1.74. The standard InChI is InChI=1S/C24H27F2N3O3/c1-14-10-17(13-24(2,3)12-14)29-20-9-4-15(21(30)31)11-19(20)28-23(29)27-16-5-7-18(8-6-16)32-22(25)26/h4-9,11,14,17,22H,10,12-13H2,1-3H3,(H,27,28)(H,30,31)/t14-,17+/m1/s1. The molecule has 0 amide bonds. The smallest absolute Gasteiger partial charge is 0.387 e. The van der Waals surface area contributed by atoms with Gasteiger partial charge in [0.05, 0.1) is 16.6 Å². The maximum atomic E-state index is 12.4. The van der Waals surface area contributed by atoms with E-state index < -0.39 is 12.6 Å². The van der Waals surface area contributed by atoms with Crippen LogP contribution >= 0.6 is 0 Å². The molecule has 170 valence electrons. The van der Waals surface area contributed by atoms with Gasteiger partial charge in [0.25, 0.3) is 0 Å². The Morgan fingerprint density at radius 2 is 1.94 bits per heavy atom.